The zero-order valence-electron chi connectivity index (χ0n) is 18.2. The highest BCUT2D eigenvalue weighted by Crippen LogP contribution is 2.31. The van der Waals surface area contributed by atoms with E-state index in [0.29, 0.717) is 43.0 Å². The Balaban J connectivity index is 1.36. The number of nitrogens with zero attached hydrogens (tertiary/aromatic N) is 1. The first-order valence-corrected chi connectivity index (χ1v) is 11.0. The Bertz CT molecular complexity index is 928. The number of methoxy groups -OCH3 is 2. The van der Waals surface area contributed by atoms with Crippen LogP contribution in [-0.2, 0) is 11.2 Å². The zero-order valence-corrected chi connectivity index (χ0v) is 18.2. The number of rotatable bonds is 5. The highest BCUT2D eigenvalue weighted by atomic mass is 16.5. The summed E-state index contributed by atoms with van der Waals surface area (Å²) >= 11 is 0. The van der Waals surface area contributed by atoms with Crippen molar-refractivity contribution in [2.45, 2.75) is 38.1 Å². The molecular weight excluding hydrogens is 392 g/mol. The summed E-state index contributed by atoms with van der Waals surface area (Å²) in [6.45, 7) is 1.13. The van der Waals surface area contributed by atoms with Gasteiger partial charge in [-0.05, 0) is 55.4 Å². The van der Waals surface area contributed by atoms with Gasteiger partial charge in [-0.2, -0.15) is 0 Å². The van der Waals surface area contributed by atoms with E-state index in [0.717, 1.165) is 19.3 Å². The lowest BCUT2D eigenvalue weighted by Gasteiger charge is -2.33. The van der Waals surface area contributed by atoms with Gasteiger partial charge in [-0.3, -0.25) is 9.59 Å². The minimum absolute atomic E-state index is 0.0574. The molecule has 6 nitrogen and oxygen atoms in total. The summed E-state index contributed by atoms with van der Waals surface area (Å²) in [7, 11) is 3.13. The van der Waals surface area contributed by atoms with Gasteiger partial charge in [-0.1, -0.05) is 24.3 Å². The van der Waals surface area contributed by atoms with Crippen molar-refractivity contribution in [2.75, 3.05) is 27.3 Å². The van der Waals surface area contributed by atoms with E-state index in [1.807, 2.05) is 11.0 Å². The summed E-state index contributed by atoms with van der Waals surface area (Å²) in [4.78, 5) is 27.7. The minimum Gasteiger partial charge on any atom is -0.497 e. The first-order valence-electron chi connectivity index (χ1n) is 11.0. The molecule has 4 rings (SSSR count). The van der Waals surface area contributed by atoms with Crippen LogP contribution in [0.25, 0.3) is 0 Å². The van der Waals surface area contributed by atoms with Gasteiger partial charge in [0.05, 0.1) is 20.3 Å². The molecule has 0 aromatic heterocycles. The van der Waals surface area contributed by atoms with Crippen molar-refractivity contribution >= 4 is 11.8 Å². The number of hydrogen-bond acceptors (Lipinski definition) is 4. The fourth-order valence-corrected chi connectivity index (χ4v) is 4.65. The molecule has 1 heterocycles. The lowest BCUT2D eigenvalue weighted by molar-refractivity contribution is -0.127. The van der Waals surface area contributed by atoms with Gasteiger partial charge in [0.15, 0.2) is 0 Å². The molecule has 31 heavy (non-hydrogen) atoms. The molecule has 2 amide bonds. The standard InChI is InChI=1S/C25H30N2O4/c1-30-20-14-19(15-21(16-20)31-2)25(29)27-12-10-18(11-13-27)24(28)26-23-9-5-7-17-6-3-4-8-22(17)23/h3-4,6,8,14-16,18,23H,5,7,9-13H2,1-2H3,(H,26,28). The largest absolute Gasteiger partial charge is 0.497 e. The maximum atomic E-state index is 13.0. The van der Waals surface area contributed by atoms with Gasteiger partial charge in [0.2, 0.25) is 5.91 Å². The fraction of sp³-hybridized carbons (Fsp3) is 0.440. The molecular formula is C25H30N2O4. The predicted octanol–water partition coefficient (Wildman–Crippen LogP) is 3.75. The van der Waals surface area contributed by atoms with Gasteiger partial charge in [-0.15, -0.1) is 0 Å². The number of nitrogens with one attached hydrogen (secondary N) is 1. The first-order chi connectivity index (χ1) is 15.1. The van der Waals surface area contributed by atoms with Gasteiger partial charge in [0.1, 0.15) is 11.5 Å². The molecule has 2 aromatic carbocycles. The SMILES string of the molecule is COc1cc(OC)cc(C(=O)N2CCC(C(=O)NC3CCCc4ccccc43)CC2)c1. The summed E-state index contributed by atoms with van der Waals surface area (Å²) in [5.41, 5.74) is 3.13. The number of hydrogen-bond donors (Lipinski definition) is 1. The lowest BCUT2D eigenvalue weighted by atomic mass is 9.87. The van der Waals surface area contributed by atoms with Crippen LogP contribution in [0.4, 0.5) is 0 Å². The predicted molar refractivity (Wildman–Crippen MR) is 118 cm³/mol. The van der Waals surface area contributed by atoms with Gasteiger partial charge < -0.3 is 19.7 Å². The lowest BCUT2D eigenvalue weighted by Crippen LogP contribution is -2.44. The third kappa shape index (κ3) is 4.68. The van der Waals surface area contributed by atoms with Crippen LogP contribution >= 0.6 is 0 Å². The Hall–Kier alpha value is -3.02. The molecule has 0 radical (unpaired) electrons. The molecule has 1 aliphatic carbocycles. The van der Waals surface area contributed by atoms with Crippen molar-refractivity contribution in [2.24, 2.45) is 5.92 Å². The molecule has 0 spiro atoms. The van der Waals surface area contributed by atoms with Crippen molar-refractivity contribution in [3.8, 4) is 11.5 Å². The zero-order chi connectivity index (χ0) is 21.8. The number of aryl methyl sites for hydroxylation is 1. The van der Waals surface area contributed by atoms with Crippen LogP contribution in [0.2, 0.25) is 0 Å². The quantitative estimate of drug-likeness (QED) is 0.797. The van der Waals surface area contributed by atoms with Crippen LogP contribution < -0.4 is 14.8 Å². The van der Waals surface area contributed by atoms with E-state index in [1.165, 1.54) is 11.1 Å². The fourth-order valence-electron chi connectivity index (χ4n) is 4.65. The second-order valence-electron chi connectivity index (χ2n) is 8.32. The highest BCUT2D eigenvalue weighted by Gasteiger charge is 2.30. The number of carbonyl (C=O) groups excluding carboxylic acids is 2. The Morgan fingerprint density at radius 2 is 1.65 bits per heavy atom. The van der Waals surface area contributed by atoms with E-state index >= 15 is 0 Å². The van der Waals surface area contributed by atoms with E-state index < -0.39 is 0 Å². The molecule has 0 bridgehead atoms. The van der Waals surface area contributed by atoms with Gasteiger partial charge in [0.25, 0.3) is 5.91 Å². The van der Waals surface area contributed by atoms with Crippen LogP contribution in [0, 0.1) is 5.92 Å². The maximum Gasteiger partial charge on any atom is 0.254 e. The van der Waals surface area contributed by atoms with Crippen molar-refractivity contribution in [1.29, 1.82) is 0 Å². The summed E-state index contributed by atoms with van der Waals surface area (Å²) in [6, 6.07) is 13.7. The van der Waals surface area contributed by atoms with Gasteiger partial charge >= 0.3 is 0 Å². The van der Waals surface area contributed by atoms with Crippen LogP contribution in [-0.4, -0.2) is 44.0 Å². The molecule has 6 heteroatoms. The molecule has 1 atom stereocenters. The Morgan fingerprint density at radius 1 is 0.968 bits per heavy atom. The van der Waals surface area contributed by atoms with Gasteiger partial charge in [0, 0.05) is 30.6 Å². The Labute approximate surface area is 183 Å². The highest BCUT2D eigenvalue weighted by molar-refractivity contribution is 5.95. The molecule has 1 N–H and O–H groups in total. The molecule has 0 saturated carbocycles. The third-order valence-corrected chi connectivity index (χ3v) is 6.44. The Morgan fingerprint density at radius 3 is 2.32 bits per heavy atom. The average molecular weight is 423 g/mol. The topological polar surface area (TPSA) is 67.9 Å². The second-order valence-corrected chi connectivity index (χ2v) is 8.32. The van der Waals surface area contributed by atoms with Crippen LogP contribution in [0.5, 0.6) is 11.5 Å². The number of piperidine rings is 1. The van der Waals surface area contributed by atoms with Gasteiger partial charge in [-0.25, -0.2) is 0 Å². The molecule has 164 valence electrons. The van der Waals surface area contributed by atoms with E-state index in [1.54, 1.807) is 32.4 Å². The number of benzene rings is 2. The number of amides is 2. The smallest absolute Gasteiger partial charge is 0.254 e. The molecule has 1 fully saturated rings. The molecule has 1 saturated heterocycles. The number of fused-ring (bicyclic) bond motifs is 1. The van der Waals surface area contributed by atoms with E-state index in [4.69, 9.17) is 9.47 Å². The van der Waals surface area contributed by atoms with Crippen LogP contribution in [0.1, 0.15) is 53.2 Å². The van der Waals surface area contributed by atoms with E-state index in [9.17, 15) is 9.59 Å². The average Bonchev–Trinajstić information content (AvgIpc) is 2.83. The van der Waals surface area contributed by atoms with E-state index in [2.05, 4.69) is 23.5 Å². The second kappa shape index (κ2) is 9.41. The van der Waals surface area contributed by atoms with Crippen molar-refractivity contribution < 1.29 is 19.1 Å². The molecule has 2 aromatic rings. The number of ether oxygens (including phenoxy) is 2. The van der Waals surface area contributed by atoms with Crippen molar-refractivity contribution in [1.82, 2.24) is 10.2 Å². The summed E-state index contributed by atoms with van der Waals surface area (Å²) < 4.78 is 10.6. The third-order valence-electron chi connectivity index (χ3n) is 6.44. The monoisotopic (exact) mass is 422 g/mol. The maximum absolute atomic E-state index is 13.0. The Kier molecular flexibility index (Phi) is 6.44. The number of carbonyl (C=O) groups is 2. The van der Waals surface area contributed by atoms with Crippen LogP contribution in [0.15, 0.2) is 42.5 Å². The van der Waals surface area contributed by atoms with Crippen molar-refractivity contribution in [3.05, 3.63) is 59.2 Å². The van der Waals surface area contributed by atoms with Crippen molar-refractivity contribution in [3.63, 3.8) is 0 Å². The summed E-state index contributed by atoms with van der Waals surface area (Å²) in [5, 5.41) is 3.28. The molecule has 1 unspecified atom stereocenters. The molecule has 2 aliphatic rings. The minimum atomic E-state index is -0.0581. The normalized spacial score (nSPS) is 18.8. The molecule has 1 aliphatic heterocycles. The summed E-state index contributed by atoms with van der Waals surface area (Å²) in [5.74, 6) is 1.17. The first kappa shape index (κ1) is 21.2. The number of likely N-dealkylation sites (tertiary alicyclic amines) is 1. The van der Waals surface area contributed by atoms with Crippen LogP contribution in [0.3, 0.4) is 0 Å². The summed E-state index contributed by atoms with van der Waals surface area (Å²) in [6.07, 6.45) is 4.51. The van der Waals surface area contributed by atoms with E-state index in [-0.39, 0.29) is 23.8 Å².